The lowest BCUT2D eigenvalue weighted by atomic mass is 10.2. The Balaban J connectivity index is 1.56. The van der Waals surface area contributed by atoms with Gasteiger partial charge in [0.2, 0.25) is 17.7 Å². The van der Waals surface area contributed by atoms with Crippen molar-refractivity contribution in [3.8, 4) is 11.5 Å². The largest absolute Gasteiger partial charge is 0.421 e. The van der Waals surface area contributed by atoms with Gasteiger partial charge >= 0.3 is 0 Å². The molecule has 1 fully saturated rings. The zero-order valence-corrected chi connectivity index (χ0v) is 11.6. The molecule has 0 atom stereocenters. The number of hydrogen-bond donors (Lipinski definition) is 1. The highest BCUT2D eigenvalue weighted by molar-refractivity contribution is 6.30. The van der Waals surface area contributed by atoms with E-state index in [0.717, 1.165) is 18.4 Å². The van der Waals surface area contributed by atoms with E-state index in [4.69, 9.17) is 16.0 Å². The maximum atomic E-state index is 11.5. The van der Waals surface area contributed by atoms with Gasteiger partial charge in [0.15, 0.2) is 0 Å². The third-order valence-corrected chi connectivity index (χ3v) is 3.40. The summed E-state index contributed by atoms with van der Waals surface area (Å²) in [6.07, 6.45) is 2.55. The molecule has 0 radical (unpaired) electrons. The van der Waals surface area contributed by atoms with Crippen LogP contribution in [0.5, 0.6) is 0 Å². The molecular formula is C14H14ClN3O2. The molecule has 104 valence electrons. The van der Waals surface area contributed by atoms with Crippen LogP contribution in [0.2, 0.25) is 5.02 Å². The summed E-state index contributed by atoms with van der Waals surface area (Å²) >= 11 is 5.83. The molecule has 0 saturated heterocycles. The molecule has 0 aliphatic heterocycles. The molecule has 1 saturated carbocycles. The van der Waals surface area contributed by atoms with Crippen LogP contribution in [0.15, 0.2) is 28.7 Å². The van der Waals surface area contributed by atoms with Crippen LogP contribution in [0.25, 0.3) is 11.5 Å². The molecule has 1 aromatic heterocycles. The van der Waals surface area contributed by atoms with E-state index in [1.807, 2.05) is 12.1 Å². The van der Waals surface area contributed by atoms with E-state index >= 15 is 0 Å². The summed E-state index contributed by atoms with van der Waals surface area (Å²) in [5.74, 6) is 1.33. The monoisotopic (exact) mass is 291 g/mol. The summed E-state index contributed by atoms with van der Waals surface area (Å²) in [5.41, 5.74) is 0.829. The van der Waals surface area contributed by atoms with Crippen molar-refractivity contribution >= 4 is 17.5 Å². The van der Waals surface area contributed by atoms with Gasteiger partial charge in [-0.25, -0.2) is 0 Å². The van der Waals surface area contributed by atoms with Gasteiger partial charge < -0.3 is 9.73 Å². The smallest absolute Gasteiger partial charge is 0.247 e. The Morgan fingerprint density at radius 3 is 2.75 bits per heavy atom. The summed E-state index contributed by atoms with van der Waals surface area (Å²) in [4.78, 5) is 11.5. The van der Waals surface area contributed by atoms with Gasteiger partial charge in [-0.05, 0) is 37.1 Å². The van der Waals surface area contributed by atoms with Crippen molar-refractivity contribution in [3.63, 3.8) is 0 Å². The molecule has 3 rings (SSSR count). The average Bonchev–Trinajstić information content (AvgIpc) is 3.20. The van der Waals surface area contributed by atoms with Gasteiger partial charge in [-0.2, -0.15) is 0 Å². The molecule has 2 aromatic rings. The Morgan fingerprint density at radius 2 is 2.05 bits per heavy atom. The van der Waals surface area contributed by atoms with Crippen molar-refractivity contribution in [2.24, 2.45) is 5.92 Å². The second kappa shape index (κ2) is 5.63. The lowest BCUT2D eigenvalue weighted by molar-refractivity contribution is -0.122. The number of hydrogen-bond acceptors (Lipinski definition) is 4. The van der Waals surface area contributed by atoms with E-state index in [-0.39, 0.29) is 11.8 Å². The quantitative estimate of drug-likeness (QED) is 0.919. The Labute approximate surface area is 121 Å². The summed E-state index contributed by atoms with van der Waals surface area (Å²) < 4.78 is 5.55. The molecule has 6 heteroatoms. The molecule has 1 N–H and O–H groups in total. The first-order valence-electron chi connectivity index (χ1n) is 6.58. The Kier molecular flexibility index (Phi) is 3.69. The fraction of sp³-hybridized carbons (Fsp3) is 0.357. The Hall–Kier alpha value is -1.88. The lowest BCUT2D eigenvalue weighted by Crippen LogP contribution is -2.26. The van der Waals surface area contributed by atoms with Gasteiger partial charge in [-0.3, -0.25) is 4.79 Å². The fourth-order valence-corrected chi connectivity index (χ4v) is 1.97. The standard InChI is InChI=1S/C14H14ClN3O2/c15-11-5-3-10(4-6-11)14-18-17-12(20-14)7-8-16-13(19)9-1-2-9/h3-6,9H,1-2,7-8H2,(H,16,19). The van der Waals surface area contributed by atoms with Gasteiger partial charge in [0.1, 0.15) is 0 Å². The summed E-state index contributed by atoms with van der Waals surface area (Å²) in [5, 5.41) is 11.5. The van der Waals surface area contributed by atoms with Gasteiger partial charge in [0, 0.05) is 29.5 Å². The van der Waals surface area contributed by atoms with E-state index in [2.05, 4.69) is 15.5 Å². The van der Waals surface area contributed by atoms with E-state index in [1.54, 1.807) is 12.1 Å². The highest BCUT2D eigenvalue weighted by atomic mass is 35.5. The van der Waals surface area contributed by atoms with Crippen LogP contribution in [-0.2, 0) is 11.2 Å². The van der Waals surface area contributed by atoms with Crippen molar-refractivity contribution in [2.75, 3.05) is 6.54 Å². The predicted molar refractivity (Wildman–Crippen MR) is 74.2 cm³/mol. The number of benzene rings is 1. The molecule has 20 heavy (non-hydrogen) atoms. The van der Waals surface area contributed by atoms with Crippen LogP contribution in [0.4, 0.5) is 0 Å². The number of carbonyl (C=O) groups excluding carboxylic acids is 1. The summed E-state index contributed by atoms with van der Waals surface area (Å²) in [6, 6.07) is 7.20. The number of carbonyl (C=O) groups is 1. The highest BCUT2D eigenvalue weighted by Crippen LogP contribution is 2.28. The Bertz CT molecular complexity index is 605. The topological polar surface area (TPSA) is 68.0 Å². The van der Waals surface area contributed by atoms with Gasteiger partial charge in [0.05, 0.1) is 0 Å². The minimum Gasteiger partial charge on any atom is -0.421 e. The Morgan fingerprint density at radius 1 is 1.30 bits per heavy atom. The maximum absolute atomic E-state index is 11.5. The zero-order valence-electron chi connectivity index (χ0n) is 10.8. The van der Waals surface area contributed by atoms with Crippen LogP contribution >= 0.6 is 11.6 Å². The number of rotatable bonds is 5. The SMILES string of the molecule is O=C(NCCc1nnc(-c2ccc(Cl)cc2)o1)C1CC1. The third-order valence-electron chi connectivity index (χ3n) is 3.14. The number of nitrogens with one attached hydrogen (secondary N) is 1. The molecule has 1 amide bonds. The average molecular weight is 292 g/mol. The normalized spacial score (nSPS) is 14.2. The molecule has 0 spiro atoms. The predicted octanol–water partition coefficient (Wildman–Crippen LogP) is 2.46. The van der Waals surface area contributed by atoms with Crippen molar-refractivity contribution < 1.29 is 9.21 Å². The molecule has 0 bridgehead atoms. The first kappa shape index (κ1) is 13.1. The number of nitrogens with zero attached hydrogens (tertiary/aromatic N) is 2. The minimum absolute atomic E-state index is 0.127. The van der Waals surface area contributed by atoms with Crippen molar-refractivity contribution in [1.29, 1.82) is 0 Å². The van der Waals surface area contributed by atoms with Crippen molar-refractivity contribution in [2.45, 2.75) is 19.3 Å². The second-order valence-corrected chi connectivity index (χ2v) is 5.26. The van der Waals surface area contributed by atoms with Crippen LogP contribution in [0.1, 0.15) is 18.7 Å². The number of aromatic nitrogens is 2. The first-order chi connectivity index (χ1) is 9.72. The van der Waals surface area contributed by atoms with E-state index in [1.165, 1.54) is 0 Å². The van der Waals surface area contributed by atoms with Gasteiger partial charge in [0.25, 0.3) is 0 Å². The molecule has 5 nitrogen and oxygen atoms in total. The minimum atomic E-state index is 0.127. The van der Waals surface area contributed by atoms with E-state index in [9.17, 15) is 4.79 Å². The summed E-state index contributed by atoms with van der Waals surface area (Å²) in [6.45, 7) is 0.525. The van der Waals surface area contributed by atoms with Crippen LogP contribution in [0, 0.1) is 5.92 Å². The fourth-order valence-electron chi connectivity index (χ4n) is 1.85. The molecule has 1 aliphatic carbocycles. The van der Waals surface area contributed by atoms with Crippen molar-refractivity contribution in [3.05, 3.63) is 35.2 Å². The number of amides is 1. The highest BCUT2D eigenvalue weighted by Gasteiger charge is 2.29. The maximum Gasteiger partial charge on any atom is 0.247 e. The van der Waals surface area contributed by atoms with Crippen LogP contribution < -0.4 is 5.32 Å². The molecule has 0 unspecified atom stereocenters. The van der Waals surface area contributed by atoms with Crippen LogP contribution in [0.3, 0.4) is 0 Å². The van der Waals surface area contributed by atoms with E-state index in [0.29, 0.717) is 29.8 Å². The molecular weight excluding hydrogens is 278 g/mol. The zero-order chi connectivity index (χ0) is 13.9. The summed E-state index contributed by atoms with van der Waals surface area (Å²) in [7, 11) is 0. The second-order valence-electron chi connectivity index (χ2n) is 4.82. The van der Waals surface area contributed by atoms with Gasteiger partial charge in [-0.15, -0.1) is 10.2 Å². The van der Waals surface area contributed by atoms with Crippen molar-refractivity contribution in [1.82, 2.24) is 15.5 Å². The third kappa shape index (κ3) is 3.17. The lowest BCUT2D eigenvalue weighted by Gasteiger charge is -2.00. The van der Waals surface area contributed by atoms with Gasteiger partial charge in [-0.1, -0.05) is 11.6 Å². The number of halogens is 1. The van der Waals surface area contributed by atoms with Crippen LogP contribution in [-0.4, -0.2) is 22.6 Å². The molecule has 1 heterocycles. The molecule has 1 aromatic carbocycles. The molecule has 1 aliphatic rings. The van der Waals surface area contributed by atoms with E-state index < -0.39 is 0 Å². The first-order valence-corrected chi connectivity index (χ1v) is 6.96.